The van der Waals surface area contributed by atoms with Gasteiger partial charge in [-0.3, -0.25) is 4.79 Å². The van der Waals surface area contributed by atoms with E-state index in [1.807, 2.05) is 0 Å². The zero-order valence-electron chi connectivity index (χ0n) is 11.6. The van der Waals surface area contributed by atoms with Crippen LogP contribution in [0.3, 0.4) is 0 Å². The maximum atomic E-state index is 12.4. The number of nitrogens with one attached hydrogen (secondary N) is 1. The summed E-state index contributed by atoms with van der Waals surface area (Å²) >= 11 is 0. The van der Waals surface area contributed by atoms with Crippen LogP contribution in [-0.2, 0) is 9.53 Å². The molecule has 2 bridgehead atoms. The summed E-state index contributed by atoms with van der Waals surface area (Å²) in [4.78, 5) is 24.9. The van der Waals surface area contributed by atoms with Crippen molar-refractivity contribution in [1.82, 2.24) is 10.2 Å². The normalized spacial score (nSPS) is 32.5. The molecule has 2 saturated heterocycles. The van der Waals surface area contributed by atoms with Gasteiger partial charge >= 0.3 is 12.0 Å². The Morgan fingerprint density at radius 2 is 1.95 bits per heavy atom. The minimum atomic E-state index is -0.948. The fraction of sp³-hybridized carbons (Fsp3) is 0.857. The predicted octanol–water partition coefficient (Wildman–Crippen LogP) is 1.35. The second-order valence-electron chi connectivity index (χ2n) is 6.13. The molecule has 2 amide bonds. The summed E-state index contributed by atoms with van der Waals surface area (Å²) < 4.78 is 5.72. The van der Waals surface area contributed by atoms with Gasteiger partial charge in [-0.2, -0.15) is 0 Å². The maximum Gasteiger partial charge on any atom is 0.323 e. The average molecular weight is 282 g/mol. The zero-order valence-corrected chi connectivity index (χ0v) is 11.6. The van der Waals surface area contributed by atoms with Gasteiger partial charge in [0.2, 0.25) is 0 Å². The van der Waals surface area contributed by atoms with Gasteiger partial charge in [0.05, 0.1) is 18.2 Å². The molecule has 3 unspecified atom stereocenters. The van der Waals surface area contributed by atoms with E-state index in [0.29, 0.717) is 0 Å². The van der Waals surface area contributed by atoms with E-state index in [2.05, 4.69) is 5.32 Å². The first-order valence-corrected chi connectivity index (χ1v) is 7.58. The van der Waals surface area contributed by atoms with Crippen molar-refractivity contribution >= 4 is 12.0 Å². The van der Waals surface area contributed by atoms with Gasteiger partial charge in [-0.1, -0.05) is 12.8 Å². The molecule has 0 spiro atoms. The number of hydrogen-bond donors (Lipinski definition) is 2. The van der Waals surface area contributed by atoms with Crippen LogP contribution < -0.4 is 5.32 Å². The highest BCUT2D eigenvalue weighted by atomic mass is 16.5. The van der Waals surface area contributed by atoms with Crippen molar-refractivity contribution in [1.29, 1.82) is 0 Å². The largest absolute Gasteiger partial charge is 0.480 e. The first-order valence-electron chi connectivity index (χ1n) is 7.58. The van der Waals surface area contributed by atoms with E-state index in [0.717, 1.165) is 44.9 Å². The van der Waals surface area contributed by atoms with Crippen molar-refractivity contribution in [2.24, 2.45) is 0 Å². The van der Waals surface area contributed by atoms with Crippen LogP contribution in [0.1, 0.15) is 44.9 Å². The quantitative estimate of drug-likeness (QED) is 0.815. The zero-order chi connectivity index (χ0) is 14.1. The molecule has 2 heterocycles. The van der Waals surface area contributed by atoms with E-state index >= 15 is 0 Å². The van der Waals surface area contributed by atoms with E-state index in [-0.39, 0.29) is 36.9 Å². The Morgan fingerprint density at radius 3 is 2.50 bits per heavy atom. The highest BCUT2D eigenvalue weighted by molar-refractivity contribution is 5.80. The number of urea groups is 1. The highest BCUT2D eigenvalue weighted by Crippen LogP contribution is 2.34. The molecule has 0 radical (unpaired) electrons. The molecule has 3 atom stereocenters. The first-order chi connectivity index (χ1) is 9.63. The molecule has 1 saturated carbocycles. The summed E-state index contributed by atoms with van der Waals surface area (Å²) in [6.45, 7) is -0.210. The summed E-state index contributed by atoms with van der Waals surface area (Å²) in [7, 11) is 0. The fourth-order valence-corrected chi connectivity index (χ4v) is 3.76. The van der Waals surface area contributed by atoms with Gasteiger partial charge in [0, 0.05) is 6.04 Å². The molecule has 0 aromatic carbocycles. The minimum absolute atomic E-state index is 0.0546. The molecule has 2 aliphatic heterocycles. The lowest BCUT2D eigenvalue weighted by Crippen LogP contribution is -2.52. The van der Waals surface area contributed by atoms with Gasteiger partial charge in [0.1, 0.15) is 6.54 Å². The fourth-order valence-electron chi connectivity index (χ4n) is 3.76. The molecule has 6 heteroatoms. The van der Waals surface area contributed by atoms with E-state index < -0.39 is 5.97 Å². The van der Waals surface area contributed by atoms with E-state index in [9.17, 15) is 9.59 Å². The third kappa shape index (κ3) is 2.75. The van der Waals surface area contributed by atoms with Crippen LogP contribution in [0.15, 0.2) is 0 Å². The summed E-state index contributed by atoms with van der Waals surface area (Å²) in [5.74, 6) is -0.948. The number of carbonyl (C=O) groups is 2. The van der Waals surface area contributed by atoms with Crippen LogP contribution in [0.2, 0.25) is 0 Å². The number of ether oxygens (including phenoxy) is 1. The summed E-state index contributed by atoms with van der Waals surface area (Å²) in [6.07, 6.45) is 7.32. The van der Waals surface area contributed by atoms with E-state index in [1.54, 1.807) is 0 Å². The predicted molar refractivity (Wildman–Crippen MR) is 71.4 cm³/mol. The lowest BCUT2D eigenvalue weighted by atomic mass is 9.96. The van der Waals surface area contributed by atoms with Crippen molar-refractivity contribution in [2.75, 3.05) is 6.54 Å². The molecule has 2 N–H and O–H groups in total. The molecule has 3 rings (SSSR count). The van der Waals surface area contributed by atoms with Crippen molar-refractivity contribution in [2.45, 2.75) is 69.2 Å². The average Bonchev–Trinajstić information content (AvgIpc) is 3.12. The number of amides is 2. The van der Waals surface area contributed by atoms with E-state index in [1.165, 1.54) is 4.90 Å². The lowest BCUT2D eigenvalue weighted by Gasteiger charge is -2.30. The smallest absolute Gasteiger partial charge is 0.323 e. The standard InChI is InChI=1S/C14H22N2O4/c17-13(18)8-16(9-3-1-2-4-9)14(19)15-11-7-10-5-6-12(11)20-10/h9-12H,1-8H2,(H,15,19)(H,17,18). The molecule has 20 heavy (non-hydrogen) atoms. The molecular weight excluding hydrogens is 260 g/mol. The first kappa shape index (κ1) is 13.7. The number of carboxylic acids is 1. The van der Waals surface area contributed by atoms with Crippen LogP contribution in [0, 0.1) is 0 Å². The van der Waals surface area contributed by atoms with Crippen molar-refractivity contribution < 1.29 is 19.4 Å². The molecule has 1 aliphatic carbocycles. The summed E-state index contributed by atoms with van der Waals surface area (Å²) in [5.41, 5.74) is 0. The Morgan fingerprint density at radius 1 is 1.20 bits per heavy atom. The molecular formula is C14H22N2O4. The summed E-state index contributed by atoms with van der Waals surface area (Å²) in [6, 6.07) is -0.106. The van der Waals surface area contributed by atoms with Gasteiger partial charge in [-0.05, 0) is 32.1 Å². The third-order valence-electron chi connectivity index (χ3n) is 4.75. The van der Waals surface area contributed by atoms with Gasteiger partial charge in [0.25, 0.3) is 0 Å². The van der Waals surface area contributed by atoms with Crippen LogP contribution >= 0.6 is 0 Å². The Hall–Kier alpha value is -1.30. The van der Waals surface area contributed by atoms with Crippen LogP contribution in [0.25, 0.3) is 0 Å². The molecule has 6 nitrogen and oxygen atoms in total. The summed E-state index contributed by atoms with van der Waals surface area (Å²) in [5, 5.41) is 12.0. The van der Waals surface area contributed by atoms with Gasteiger partial charge in [0.15, 0.2) is 0 Å². The van der Waals surface area contributed by atoms with Crippen LogP contribution in [0.5, 0.6) is 0 Å². The van der Waals surface area contributed by atoms with E-state index in [4.69, 9.17) is 9.84 Å². The number of carbonyl (C=O) groups excluding carboxylic acids is 1. The van der Waals surface area contributed by atoms with Gasteiger partial charge in [-0.25, -0.2) is 4.79 Å². The maximum absolute atomic E-state index is 12.4. The number of hydrogen-bond acceptors (Lipinski definition) is 3. The highest BCUT2D eigenvalue weighted by Gasteiger charge is 2.42. The molecule has 112 valence electrons. The SMILES string of the molecule is O=C(O)CN(C(=O)NC1CC2CCC1O2)C1CCCC1. The second kappa shape index (κ2) is 5.60. The van der Waals surface area contributed by atoms with Crippen molar-refractivity contribution in [3.05, 3.63) is 0 Å². The number of rotatable bonds is 4. The monoisotopic (exact) mass is 282 g/mol. The third-order valence-corrected chi connectivity index (χ3v) is 4.75. The second-order valence-corrected chi connectivity index (χ2v) is 6.13. The molecule has 3 aliphatic rings. The van der Waals surface area contributed by atoms with Crippen molar-refractivity contribution in [3.8, 4) is 0 Å². The molecule has 3 fully saturated rings. The van der Waals surface area contributed by atoms with Crippen LogP contribution in [-0.4, -0.2) is 52.8 Å². The lowest BCUT2D eigenvalue weighted by molar-refractivity contribution is -0.138. The molecule has 0 aromatic heterocycles. The Labute approximate surface area is 118 Å². The number of carboxylic acid groups (broad SMARTS) is 1. The number of aliphatic carboxylic acids is 1. The van der Waals surface area contributed by atoms with Gasteiger partial charge in [-0.15, -0.1) is 0 Å². The molecule has 0 aromatic rings. The van der Waals surface area contributed by atoms with Crippen molar-refractivity contribution in [3.63, 3.8) is 0 Å². The topological polar surface area (TPSA) is 78.9 Å². The number of nitrogens with zero attached hydrogens (tertiary/aromatic N) is 1. The number of fused-ring (bicyclic) bond motifs is 2. The Balaban J connectivity index is 1.60. The Bertz CT molecular complexity index is 395. The Kier molecular flexibility index (Phi) is 3.83. The van der Waals surface area contributed by atoms with Crippen LogP contribution in [0.4, 0.5) is 4.79 Å². The van der Waals surface area contributed by atoms with Gasteiger partial charge < -0.3 is 20.1 Å². The minimum Gasteiger partial charge on any atom is -0.480 e.